The summed E-state index contributed by atoms with van der Waals surface area (Å²) in [6.07, 6.45) is 3.81. The molecule has 3 rings (SSSR count). The van der Waals surface area contributed by atoms with Crippen LogP contribution in [0.4, 0.5) is 0 Å². The number of halogens is 2. The number of nitrogens with zero attached hydrogens (tertiary/aromatic N) is 2. The molecule has 27 heavy (non-hydrogen) atoms. The predicted octanol–water partition coefficient (Wildman–Crippen LogP) is 3.11. The van der Waals surface area contributed by atoms with Gasteiger partial charge in [-0.25, -0.2) is 8.42 Å². The Hall–Kier alpha value is -1.67. The minimum atomic E-state index is -3.57. The van der Waals surface area contributed by atoms with Crippen LogP contribution in [0.25, 0.3) is 0 Å². The van der Waals surface area contributed by atoms with Gasteiger partial charge in [0, 0.05) is 48.0 Å². The zero-order chi connectivity index (χ0) is 19.4. The van der Waals surface area contributed by atoms with Gasteiger partial charge in [-0.1, -0.05) is 29.3 Å². The van der Waals surface area contributed by atoms with Crippen molar-refractivity contribution in [2.24, 2.45) is 5.92 Å². The molecule has 0 aliphatic carbocycles. The van der Waals surface area contributed by atoms with E-state index in [1.165, 1.54) is 22.8 Å². The molecule has 0 unspecified atom stereocenters. The molecule has 1 aromatic carbocycles. The van der Waals surface area contributed by atoms with E-state index >= 15 is 0 Å². The summed E-state index contributed by atoms with van der Waals surface area (Å²) in [6, 6.07) is 8.24. The average Bonchev–Trinajstić information content (AvgIpc) is 2.68. The molecule has 1 fully saturated rings. The molecule has 0 radical (unpaired) electrons. The summed E-state index contributed by atoms with van der Waals surface area (Å²) in [4.78, 5) is 16.5. The van der Waals surface area contributed by atoms with Gasteiger partial charge in [0.2, 0.25) is 15.9 Å². The molecule has 1 N–H and O–H groups in total. The summed E-state index contributed by atoms with van der Waals surface area (Å²) in [7, 11) is -3.57. The molecule has 2 heterocycles. The second-order valence-corrected chi connectivity index (χ2v) is 9.10. The highest BCUT2D eigenvalue weighted by atomic mass is 35.5. The van der Waals surface area contributed by atoms with Gasteiger partial charge in [-0.05, 0) is 42.7 Å². The maximum Gasteiger partial charge on any atom is 0.244 e. The van der Waals surface area contributed by atoms with Crippen LogP contribution in [0.5, 0.6) is 0 Å². The van der Waals surface area contributed by atoms with Gasteiger partial charge in [0.1, 0.15) is 4.90 Å². The molecular formula is C18H19Cl2N3O3S. The Labute approximate surface area is 168 Å². The molecule has 0 atom stereocenters. The van der Waals surface area contributed by atoms with Gasteiger partial charge < -0.3 is 5.32 Å². The summed E-state index contributed by atoms with van der Waals surface area (Å²) >= 11 is 12.0. The first-order valence-corrected chi connectivity index (χ1v) is 10.7. The first kappa shape index (κ1) is 20.1. The molecule has 9 heteroatoms. The van der Waals surface area contributed by atoms with Crippen LogP contribution in [-0.4, -0.2) is 36.7 Å². The third kappa shape index (κ3) is 4.79. The Kier molecular flexibility index (Phi) is 6.37. The standard InChI is InChI=1S/C18H19Cl2N3O3S/c19-15-4-3-14(17(20)10-15)11-22-18(24)13-5-8-23(9-6-13)27(25,26)16-2-1-7-21-12-16/h1-4,7,10,12-13H,5-6,8-9,11H2,(H,22,24). The molecule has 6 nitrogen and oxygen atoms in total. The van der Waals surface area contributed by atoms with E-state index in [1.54, 1.807) is 24.3 Å². The van der Waals surface area contributed by atoms with E-state index in [-0.39, 0.29) is 16.7 Å². The number of benzene rings is 1. The molecule has 144 valence electrons. The lowest BCUT2D eigenvalue weighted by molar-refractivity contribution is -0.126. The zero-order valence-corrected chi connectivity index (χ0v) is 16.8. The van der Waals surface area contributed by atoms with Crippen molar-refractivity contribution in [3.63, 3.8) is 0 Å². The van der Waals surface area contributed by atoms with Crippen molar-refractivity contribution < 1.29 is 13.2 Å². The van der Waals surface area contributed by atoms with Crippen LogP contribution in [0.15, 0.2) is 47.6 Å². The van der Waals surface area contributed by atoms with Crippen molar-refractivity contribution in [3.05, 3.63) is 58.3 Å². The van der Waals surface area contributed by atoms with Crippen molar-refractivity contribution in [1.29, 1.82) is 0 Å². The van der Waals surface area contributed by atoms with Crippen LogP contribution < -0.4 is 5.32 Å². The molecule has 2 aromatic rings. The Balaban J connectivity index is 1.55. The molecule has 0 saturated carbocycles. The summed E-state index contributed by atoms with van der Waals surface area (Å²) in [5.74, 6) is -0.323. The van der Waals surface area contributed by atoms with Crippen molar-refractivity contribution in [2.75, 3.05) is 13.1 Å². The summed E-state index contributed by atoms with van der Waals surface area (Å²) in [5.41, 5.74) is 0.783. The smallest absolute Gasteiger partial charge is 0.244 e. The van der Waals surface area contributed by atoms with Crippen molar-refractivity contribution in [3.8, 4) is 0 Å². The van der Waals surface area contributed by atoms with Crippen molar-refractivity contribution in [1.82, 2.24) is 14.6 Å². The lowest BCUT2D eigenvalue weighted by atomic mass is 9.97. The maximum atomic E-state index is 12.6. The van der Waals surface area contributed by atoms with Crippen LogP contribution in [0.2, 0.25) is 10.0 Å². The molecule has 0 spiro atoms. The van der Waals surface area contributed by atoms with E-state index in [9.17, 15) is 13.2 Å². The number of carbonyl (C=O) groups excluding carboxylic acids is 1. The quantitative estimate of drug-likeness (QED) is 0.794. The molecule has 1 aromatic heterocycles. The minimum absolute atomic E-state index is 0.0977. The second kappa shape index (κ2) is 8.56. The number of piperidine rings is 1. The van der Waals surface area contributed by atoms with Crippen molar-refractivity contribution >= 4 is 39.1 Å². The Bertz CT molecular complexity index is 915. The number of sulfonamides is 1. The third-order valence-corrected chi connectivity index (χ3v) is 7.03. The van der Waals surface area contributed by atoms with Crippen LogP contribution in [-0.2, 0) is 21.4 Å². The number of nitrogens with one attached hydrogen (secondary N) is 1. The van der Waals surface area contributed by atoms with E-state index in [0.717, 1.165) is 5.56 Å². The number of hydrogen-bond acceptors (Lipinski definition) is 4. The van der Waals surface area contributed by atoms with Gasteiger partial charge in [-0.15, -0.1) is 0 Å². The van der Waals surface area contributed by atoms with Crippen LogP contribution in [0.3, 0.4) is 0 Å². The number of rotatable bonds is 5. The summed E-state index contributed by atoms with van der Waals surface area (Å²) in [6.45, 7) is 0.914. The monoisotopic (exact) mass is 427 g/mol. The van der Waals surface area contributed by atoms with Crippen molar-refractivity contribution in [2.45, 2.75) is 24.3 Å². The highest BCUT2D eigenvalue weighted by Crippen LogP contribution is 2.24. The zero-order valence-electron chi connectivity index (χ0n) is 14.4. The first-order chi connectivity index (χ1) is 12.9. The molecule has 1 aliphatic heterocycles. The Morgan fingerprint density at radius 2 is 1.96 bits per heavy atom. The topological polar surface area (TPSA) is 79.4 Å². The van der Waals surface area contributed by atoms with Gasteiger partial charge in [0.15, 0.2) is 0 Å². The van der Waals surface area contributed by atoms with E-state index < -0.39 is 10.0 Å². The fraction of sp³-hybridized carbons (Fsp3) is 0.333. The molecule has 1 aliphatic rings. The van der Waals surface area contributed by atoms with Gasteiger partial charge in [-0.2, -0.15) is 4.31 Å². The highest BCUT2D eigenvalue weighted by Gasteiger charge is 2.32. The van der Waals surface area contributed by atoms with Crippen LogP contribution in [0, 0.1) is 5.92 Å². The number of hydrogen-bond donors (Lipinski definition) is 1. The fourth-order valence-electron chi connectivity index (χ4n) is 3.00. The second-order valence-electron chi connectivity index (χ2n) is 6.32. The highest BCUT2D eigenvalue weighted by molar-refractivity contribution is 7.89. The molecular weight excluding hydrogens is 409 g/mol. The normalized spacial score (nSPS) is 16.2. The number of aromatic nitrogens is 1. The van der Waals surface area contributed by atoms with Gasteiger partial charge in [0.25, 0.3) is 0 Å². The van der Waals surface area contributed by atoms with Crippen LogP contribution in [0.1, 0.15) is 18.4 Å². The molecule has 0 bridgehead atoms. The first-order valence-electron chi connectivity index (χ1n) is 8.50. The maximum absolute atomic E-state index is 12.6. The van der Waals surface area contributed by atoms with E-state index in [0.29, 0.717) is 42.5 Å². The molecule has 1 saturated heterocycles. The number of carbonyl (C=O) groups is 1. The fourth-order valence-corrected chi connectivity index (χ4v) is 4.91. The van der Waals surface area contributed by atoms with Gasteiger partial charge in [0.05, 0.1) is 0 Å². The molecule has 1 amide bonds. The SMILES string of the molecule is O=C(NCc1ccc(Cl)cc1Cl)C1CCN(S(=O)(=O)c2cccnc2)CC1. The minimum Gasteiger partial charge on any atom is -0.352 e. The largest absolute Gasteiger partial charge is 0.352 e. The van der Waals surface area contributed by atoms with Crippen LogP contribution >= 0.6 is 23.2 Å². The number of amides is 1. The lowest BCUT2D eigenvalue weighted by Gasteiger charge is -2.30. The predicted molar refractivity (Wildman–Crippen MR) is 104 cm³/mol. The Morgan fingerprint density at radius 1 is 1.22 bits per heavy atom. The third-order valence-electron chi connectivity index (χ3n) is 4.57. The van der Waals surface area contributed by atoms with E-state index in [4.69, 9.17) is 23.2 Å². The lowest BCUT2D eigenvalue weighted by Crippen LogP contribution is -2.42. The van der Waals surface area contributed by atoms with E-state index in [1.807, 2.05) is 0 Å². The average molecular weight is 428 g/mol. The summed E-state index contributed by atoms with van der Waals surface area (Å²) < 4.78 is 26.6. The summed E-state index contributed by atoms with van der Waals surface area (Å²) in [5, 5.41) is 3.91. The van der Waals surface area contributed by atoms with Gasteiger partial charge >= 0.3 is 0 Å². The van der Waals surface area contributed by atoms with Gasteiger partial charge in [-0.3, -0.25) is 9.78 Å². The number of pyridine rings is 1. The van der Waals surface area contributed by atoms with E-state index in [2.05, 4.69) is 10.3 Å². The Morgan fingerprint density at radius 3 is 2.59 bits per heavy atom.